The standard InChI is InChI=1S/C19H23FN2O4.C17H19FN2O4/c1-6-25-17(23)13-10-12-8-7-9-14(20)16(12)22-15(13)11(2)21-18(24)26-19(3,4)5;1-9(19-16(23)24-17(2,3)4)13-11(15(21)22)8-10-6-5-7-12(18)14(10)20-13/h7-11H,6H2,1-5H3,(H,21,24);5-9H,1-4H3,(H,19,23)(H,21,22)/t11-;9-/m00/s1. The van der Waals surface area contributed by atoms with Crippen LogP contribution in [0.5, 0.6) is 0 Å². The van der Waals surface area contributed by atoms with Crippen LogP contribution in [0.25, 0.3) is 21.8 Å². The minimum absolute atomic E-state index is 0.0512. The van der Waals surface area contributed by atoms with E-state index in [0.717, 1.165) is 0 Å². The molecule has 0 spiro atoms. The van der Waals surface area contributed by atoms with Crippen LogP contribution in [-0.2, 0) is 14.2 Å². The number of hydrogen-bond acceptors (Lipinski definition) is 9. The van der Waals surface area contributed by atoms with E-state index >= 15 is 0 Å². The van der Waals surface area contributed by atoms with E-state index in [2.05, 4.69) is 20.6 Å². The molecule has 12 nitrogen and oxygen atoms in total. The van der Waals surface area contributed by atoms with Crippen LogP contribution in [0.1, 0.15) is 107 Å². The summed E-state index contributed by atoms with van der Waals surface area (Å²) in [5, 5.41) is 15.4. The molecule has 0 aliphatic heterocycles. The fourth-order valence-corrected chi connectivity index (χ4v) is 4.66. The van der Waals surface area contributed by atoms with Crippen molar-refractivity contribution in [3.05, 3.63) is 82.7 Å². The van der Waals surface area contributed by atoms with Crippen molar-refractivity contribution in [3.8, 4) is 0 Å². The number of ether oxygens (including phenoxy) is 3. The predicted molar refractivity (Wildman–Crippen MR) is 182 cm³/mol. The average molecular weight is 697 g/mol. The number of para-hydroxylation sites is 2. The molecule has 0 aliphatic carbocycles. The Morgan fingerprint density at radius 3 is 1.52 bits per heavy atom. The van der Waals surface area contributed by atoms with Crippen LogP contribution in [-0.4, -0.2) is 57.0 Å². The van der Waals surface area contributed by atoms with Crippen molar-refractivity contribution in [2.24, 2.45) is 0 Å². The molecule has 4 rings (SSSR count). The third-order valence-corrected chi connectivity index (χ3v) is 6.66. The molecule has 0 saturated carbocycles. The molecular formula is C36H42F2N4O8. The maximum absolute atomic E-state index is 14.1. The van der Waals surface area contributed by atoms with E-state index in [0.29, 0.717) is 10.8 Å². The highest BCUT2D eigenvalue weighted by molar-refractivity contribution is 5.96. The lowest BCUT2D eigenvalue weighted by atomic mass is 10.0. The quantitative estimate of drug-likeness (QED) is 0.128. The summed E-state index contributed by atoms with van der Waals surface area (Å²) in [6.45, 7) is 15.4. The lowest BCUT2D eigenvalue weighted by molar-refractivity contribution is 0.0488. The van der Waals surface area contributed by atoms with Gasteiger partial charge in [-0.25, -0.2) is 37.9 Å². The number of hydrogen-bond donors (Lipinski definition) is 3. The second kappa shape index (κ2) is 15.9. The van der Waals surface area contributed by atoms with Crippen LogP contribution in [0.2, 0.25) is 0 Å². The Labute approximate surface area is 288 Å². The monoisotopic (exact) mass is 696 g/mol. The molecule has 0 fully saturated rings. The van der Waals surface area contributed by atoms with Gasteiger partial charge in [-0.15, -0.1) is 0 Å². The number of pyridine rings is 2. The number of amides is 2. The number of carboxylic acids is 1. The Kier molecular flexibility index (Phi) is 12.4. The summed E-state index contributed by atoms with van der Waals surface area (Å²) in [4.78, 5) is 56.1. The number of carbonyl (C=O) groups is 4. The van der Waals surface area contributed by atoms with Gasteiger partial charge in [0.05, 0.1) is 41.2 Å². The number of carbonyl (C=O) groups excluding carboxylic acids is 3. The smallest absolute Gasteiger partial charge is 0.408 e. The number of nitrogens with one attached hydrogen (secondary N) is 2. The SMILES string of the molecule is CCOC(=O)c1cc2cccc(F)c2nc1[C@H](C)NC(=O)OC(C)(C)C.C[C@H](NC(=O)OC(C)(C)C)c1nc2c(F)cccc2cc1C(=O)O. The highest BCUT2D eigenvalue weighted by Crippen LogP contribution is 2.26. The third kappa shape index (κ3) is 10.5. The van der Waals surface area contributed by atoms with Gasteiger partial charge in [0.25, 0.3) is 0 Å². The van der Waals surface area contributed by atoms with Gasteiger partial charge < -0.3 is 30.0 Å². The number of halogens is 2. The van der Waals surface area contributed by atoms with Crippen LogP contribution >= 0.6 is 0 Å². The first kappa shape index (κ1) is 39.0. The summed E-state index contributed by atoms with van der Waals surface area (Å²) in [6, 6.07) is 10.2. The highest BCUT2D eigenvalue weighted by atomic mass is 19.1. The molecule has 50 heavy (non-hydrogen) atoms. The van der Waals surface area contributed by atoms with Crippen molar-refractivity contribution in [1.29, 1.82) is 0 Å². The summed E-state index contributed by atoms with van der Waals surface area (Å²) in [6.07, 6.45) is -1.36. The summed E-state index contributed by atoms with van der Waals surface area (Å²) in [7, 11) is 0. The van der Waals surface area contributed by atoms with Crippen molar-refractivity contribution in [2.75, 3.05) is 6.61 Å². The highest BCUT2D eigenvalue weighted by Gasteiger charge is 2.26. The second-order valence-electron chi connectivity index (χ2n) is 13.2. The molecular weight excluding hydrogens is 654 g/mol. The summed E-state index contributed by atoms with van der Waals surface area (Å²) in [5.74, 6) is -2.86. The van der Waals surface area contributed by atoms with E-state index in [4.69, 9.17) is 14.2 Å². The van der Waals surface area contributed by atoms with E-state index in [-0.39, 0.29) is 40.2 Å². The van der Waals surface area contributed by atoms with Gasteiger partial charge in [0, 0.05) is 10.8 Å². The molecule has 2 aromatic carbocycles. The van der Waals surface area contributed by atoms with Gasteiger partial charge in [0.2, 0.25) is 0 Å². The number of carboxylic acid groups (broad SMARTS) is 1. The zero-order valence-electron chi connectivity index (χ0n) is 29.4. The fraction of sp³-hybridized carbons (Fsp3) is 0.389. The number of esters is 1. The first-order valence-corrected chi connectivity index (χ1v) is 15.8. The average Bonchev–Trinajstić information content (AvgIpc) is 2.98. The number of fused-ring (bicyclic) bond motifs is 2. The molecule has 2 atom stereocenters. The second-order valence-corrected chi connectivity index (χ2v) is 13.2. The van der Waals surface area contributed by atoms with Crippen LogP contribution in [0.3, 0.4) is 0 Å². The zero-order chi connectivity index (χ0) is 37.6. The minimum Gasteiger partial charge on any atom is -0.478 e. The maximum Gasteiger partial charge on any atom is 0.408 e. The number of rotatable bonds is 7. The molecule has 14 heteroatoms. The van der Waals surface area contributed by atoms with Crippen LogP contribution in [0.15, 0.2) is 48.5 Å². The Bertz CT molecular complexity index is 1900. The van der Waals surface area contributed by atoms with Gasteiger partial charge in [-0.3, -0.25) is 0 Å². The topological polar surface area (TPSA) is 166 Å². The van der Waals surface area contributed by atoms with E-state index < -0.39 is 59.0 Å². The lowest BCUT2D eigenvalue weighted by Gasteiger charge is -2.22. The summed E-state index contributed by atoms with van der Waals surface area (Å²) >= 11 is 0. The van der Waals surface area contributed by atoms with Crippen molar-refractivity contribution in [1.82, 2.24) is 20.6 Å². The number of aromatic nitrogens is 2. The molecule has 0 radical (unpaired) electrons. The molecule has 2 amide bonds. The summed E-state index contributed by atoms with van der Waals surface area (Å²) < 4.78 is 43.5. The Morgan fingerprint density at radius 2 is 1.14 bits per heavy atom. The first-order valence-electron chi connectivity index (χ1n) is 15.8. The van der Waals surface area contributed by atoms with Gasteiger partial charge in [-0.05, 0) is 86.6 Å². The van der Waals surface area contributed by atoms with E-state index in [1.54, 1.807) is 74.4 Å². The number of nitrogens with zero attached hydrogens (tertiary/aromatic N) is 2. The van der Waals surface area contributed by atoms with Gasteiger partial charge in [-0.2, -0.15) is 0 Å². The Balaban J connectivity index is 0.000000271. The van der Waals surface area contributed by atoms with Gasteiger partial charge in [0.1, 0.15) is 33.9 Å². The predicted octanol–water partition coefficient (Wildman–Crippen LogP) is 7.79. The van der Waals surface area contributed by atoms with E-state index in [1.165, 1.54) is 36.4 Å². The zero-order valence-corrected chi connectivity index (χ0v) is 29.4. The fourth-order valence-electron chi connectivity index (χ4n) is 4.66. The largest absolute Gasteiger partial charge is 0.478 e. The summed E-state index contributed by atoms with van der Waals surface area (Å²) in [5.41, 5.74) is -0.842. The normalized spacial score (nSPS) is 12.6. The Morgan fingerprint density at radius 1 is 0.740 bits per heavy atom. The molecule has 0 saturated heterocycles. The molecule has 2 heterocycles. The Hall–Kier alpha value is -5.40. The third-order valence-electron chi connectivity index (χ3n) is 6.66. The van der Waals surface area contributed by atoms with Crippen molar-refractivity contribution in [3.63, 3.8) is 0 Å². The molecule has 0 unspecified atom stereocenters. The van der Waals surface area contributed by atoms with Crippen LogP contribution < -0.4 is 10.6 Å². The first-order chi connectivity index (χ1) is 23.2. The molecule has 2 aromatic heterocycles. The number of benzene rings is 2. The van der Waals surface area contributed by atoms with Gasteiger partial charge >= 0.3 is 24.1 Å². The van der Waals surface area contributed by atoms with Gasteiger partial charge in [0.15, 0.2) is 0 Å². The molecule has 0 bridgehead atoms. The number of aromatic carboxylic acids is 1. The van der Waals surface area contributed by atoms with Crippen molar-refractivity contribution >= 4 is 45.9 Å². The lowest BCUT2D eigenvalue weighted by Crippen LogP contribution is -2.35. The van der Waals surface area contributed by atoms with Crippen LogP contribution in [0.4, 0.5) is 18.4 Å². The molecule has 4 aromatic rings. The van der Waals surface area contributed by atoms with E-state index in [1.807, 2.05) is 0 Å². The van der Waals surface area contributed by atoms with E-state index in [9.17, 15) is 33.1 Å². The maximum atomic E-state index is 14.1. The number of alkyl carbamates (subject to hydrolysis) is 2. The molecule has 3 N–H and O–H groups in total. The van der Waals surface area contributed by atoms with Crippen molar-refractivity contribution in [2.45, 2.75) is 85.6 Å². The van der Waals surface area contributed by atoms with Gasteiger partial charge in [-0.1, -0.05) is 24.3 Å². The van der Waals surface area contributed by atoms with Crippen molar-refractivity contribution < 1.29 is 47.3 Å². The minimum atomic E-state index is -1.21. The van der Waals surface area contributed by atoms with Crippen LogP contribution in [0, 0.1) is 11.6 Å². The molecule has 0 aliphatic rings. The molecule has 268 valence electrons.